The maximum absolute atomic E-state index is 12.0. The number of allylic oxidation sites excluding steroid dienone is 1. The summed E-state index contributed by atoms with van der Waals surface area (Å²) in [6, 6.07) is 11.8. The van der Waals surface area contributed by atoms with Crippen LogP contribution in [0.25, 0.3) is 22.7 Å². The van der Waals surface area contributed by atoms with Crippen LogP contribution in [-0.2, 0) is 0 Å². The number of hydrogen-bond acceptors (Lipinski definition) is 6. The van der Waals surface area contributed by atoms with Crippen LogP contribution in [0.4, 0.5) is 5.69 Å². The van der Waals surface area contributed by atoms with Crippen LogP contribution in [0, 0.1) is 21.4 Å². The summed E-state index contributed by atoms with van der Waals surface area (Å²) in [6.07, 6.45) is 1.42. The first-order chi connectivity index (χ1) is 12.5. The minimum atomic E-state index is -0.795. The molecule has 0 atom stereocenters. The number of aromatic amines is 1. The van der Waals surface area contributed by atoms with Crippen molar-refractivity contribution in [2.75, 3.05) is 6.61 Å². The predicted molar refractivity (Wildman–Crippen MR) is 93.3 cm³/mol. The Bertz CT molecular complexity index is 1030. The Morgan fingerprint density at radius 3 is 2.85 bits per heavy atom. The Hall–Kier alpha value is -3.86. The number of nitrogens with one attached hydrogen (secondary N) is 1. The highest BCUT2D eigenvalue weighted by Gasteiger charge is 2.15. The second-order valence-electron chi connectivity index (χ2n) is 5.33. The molecule has 0 unspecified atom stereocenters. The van der Waals surface area contributed by atoms with Crippen molar-refractivity contribution in [3.8, 4) is 17.6 Å². The molecule has 0 amide bonds. The molecule has 0 aliphatic carbocycles. The van der Waals surface area contributed by atoms with Gasteiger partial charge in [-0.25, -0.2) is 4.98 Å². The Kier molecular flexibility index (Phi) is 4.53. The number of fused-ring (bicyclic) bond motifs is 1. The lowest BCUT2D eigenvalue weighted by atomic mass is 10.1. The number of nitro benzene ring substituents is 1. The number of hydrogen-bond donors (Lipinski definition) is 1. The number of imidazole rings is 1. The molecule has 130 valence electrons. The molecule has 3 aromatic rings. The van der Waals surface area contributed by atoms with Crippen molar-refractivity contribution in [2.24, 2.45) is 0 Å². The minimum absolute atomic E-state index is 0.130. The third-order valence-electron chi connectivity index (χ3n) is 3.63. The van der Waals surface area contributed by atoms with Crippen molar-refractivity contribution in [2.45, 2.75) is 6.92 Å². The molecular formula is C18H13N4O4-. The van der Waals surface area contributed by atoms with Gasteiger partial charge < -0.3 is 14.8 Å². The lowest BCUT2D eigenvalue weighted by Crippen LogP contribution is -2.03. The van der Waals surface area contributed by atoms with Gasteiger partial charge in [0, 0.05) is 11.8 Å². The molecule has 0 aliphatic heterocycles. The van der Waals surface area contributed by atoms with Crippen molar-refractivity contribution in [1.82, 2.24) is 9.97 Å². The first-order valence-electron chi connectivity index (χ1n) is 7.72. The van der Waals surface area contributed by atoms with Crippen LogP contribution < -0.4 is 9.84 Å². The zero-order valence-electron chi connectivity index (χ0n) is 13.7. The average molecular weight is 349 g/mol. The normalized spacial score (nSPS) is 11.3. The molecule has 0 radical (unpaired) electrons. The maximum atomic E-state index is 12.0. The molecule has 2 aromatic carbocycles. The second-order valence-corrected chi connectivity index (χ2v) is 5.33. The summed E-state index contributed by atoms with van der Waals surface area (Å²) in [4.78, 5) is 17.7. The van der Waals surface area contributed by atoms with Crippen molar-refractivity contribution in [3.05, 3.63) is 57.9 Å². The zero-order valence-corrected chi connectivity index (χ0v) is 13.7. The largest absolute Gasteiger partial charge is 0.865 e. The quantitative estimate of drug-likeness (QED) is 0.428. The summed E-state index contributed by atoms with van der Waals surface area (Å²) in [5, 5.41) is 32.6. The van der Waals surface area contributed by atoms with E-state index in [1.807, 2.05) is 24.3 Å². The fourth-order valence-electron chi connectivity index (χ4n) is 2.49. The van der Waals surface area contributed by atoms with Gasteiger partial charge in [-0.05, 0) is 36.8 Å². The van der Waals surface area contributed by atoms with Crippen LogP contribution in [0.2, 0.25) is 0 Å². The Morgan fingerprint density at radius 1 is 1.42 bits per heavy atom. The third kappa shape index (κ3) is 3.18. The van der Waals surface area contributed by atoms with Gasteiger partial charge in [0.2, 0.25) is 0 Å². The van der Waals surface area contributed by atoms with Crippen LogP contribution in [0.15, 0.2) is 36.4 Å². The molecular weight excluding hydrogens is 336 g/mol. The summed E-state index contributed by atoms with van der Waals surface area (Å²) < 4.78 is 5.18. The molecule has 0 spiro atoms. The Labute approximate surface area is 148 Å². The van der Waals surface area contributed by atoms with Gasteiger partial charge >= 0.3 is 0 Å². The zero-order chi connectivity index (χ0) is 18.7. The second kappa shape index (κ2) is 6.94. The van der Waals surface area contributed by atoms with E-state index in [9.17, 15) is 20.5 Å². The lowest BCUT2D eigenvalue weighted by molar-refractivity contribution is -0.398. The van der Waals surface area contributed by atoms with E-state index in [0.717, 1.165) is 11.6 Å². The monoisotopic (exact) mass is 349 g/mol. The molecule has 0 saturated heterocycles. The lowest BCUT2D eigenvalue weighted by Gasteiger charge is -2.14. The highest BCUT2D eigenvalue weighted by atomic mass is 16.6. The van der Waals surface area contributed by atoms with Crippen molar-refractivity contribution < 1.29 is 14.8 Å². The number of aromatic nitrogens is 2. The molecule has 0 bridgehead atoms. The maximum Gasteiger partial charge on any atom is 0.266 e. The van der Waals surface area contributed by atoms with E-state index in [1.165, 1.54) is 12.1 Å². The molecule has 3 rings (SSSR count). The molecule has 8 nitrogen and oxygen atoms in total. The number of nitrogens with zero attached hydrogens (tertiary/aromatic N) is 3. The van der Waals surface area contributed by atoms with Gasteiger partial charge in [0.25, 0.3) is 5.69 Å². The van der Waals surface area contributed by atoms with Crippen LogP contribution in [0.5, 0.6) is 11.5 Å². The van der Waals surface area contributed by atoms with E-state index < -0.39 is 16.4 Å². The number of ether oxygens (including phenoxy) is 1. The van der Waals surface area contributed by atoms with Gasteiger partial charge in [0.15, 0.2) is 0 Å². The number of rotatable bonds is 5. The Morgan fingerprint density at radius 2 is 2.19 bits per heavy atom. The van der Waals surface area contributed by atoms with E-state index in [4.69, 9.17) is 4.74 Å². The molecule has 1 aromatic heterocycles. The SMILES string of the molecule is CCOc1cc(/C=C(\C#N)c2nc3ccccc3[nH]2)cc([N+](=O)[O-])c1[O-]. The molecule has 1 heterocycles. The van der Waals surface area contributed by atoms with E-state index in [0.29, 0.717) is 16.9 Å². The molecule has 0 saturated carbocycles. The summed E-state index contributed by atoms with van der Waals surface area (Å²) >= 11 is 0. The molecule has 0 aliphatic rings. The predicted octanol–water partition coefficient (Wildman–Crippen LogP) is 3.01. The highest BCUT2D eigenvalue weighted by Crippen LogP contribution is 2.36. The van der Waals surface area contributed by atoms with Crippen molar-refractivity contribution in [1.29, 1.82) is 5.26 Å². The van der Waals surface area contributed by atoms with Gasteiger partial charge in [0.1, 0.15) is 17.6 Å². The summed E-state index contributed by atoms with van der Waals surface area (Å²) in [5.74, 6) is -0.591. The highest BCUT2D eigenvalue weighted by molar-refractivity contribution is 5.90. The van der Waals surface area contributed by atoms with E-state index >= 15 is 0 Å². The number of benzene rings is 2. The molecule has 8 heteroatoms. The summed E-state index contributed by atoms with van der Waals surface area (Å²) in [5.41, 5.74) is 1.33. The van der Waals surface area contributed by atoms with E-state index in [-0.39, 0.29) is 17.9 Å². The van der Waals surface area contributed by atoms with E-state index in [1.54, 1.807) is 13.0 Å². The van der Waals surface area contributed by atoms with Crippen molar-refractivity contribution in [3.63, 3.8) is 0 Å². The van der Waals surface area contributed by atoms with Gasteiger partial charge in [-0.15, -0.1) is 0 Å². The smallest absolute Gasteiger partial charge is 0.266 e. The van der Waals surface area contributed by atoms with Gasteiger partial charge in [-0.3, -0.25) is 10.1 Å². The van der Waals surface area contributed by atoms with Gasteiger partial charge in [-0.1, -0.05) is 12.1 Å². The van der Waals surface area contributed by atoms with Crippen LogP contribution in [0.3, 0.4) is 0 Å². The van der Waals surface area contributed by atoms with Crippen molar-refractivity contribution >= 4 is 28.4 Å². The van der Waals surface area contributed by atoms with Crippen LogP contribution >= 0.6 is 0 Å². The van der Waals surface area contributed by atoms with Gasteiger partial charge in [0.05, 0.1) is 28.1 Å². The van der Waals surface area contributed by atoms with Crippen LogP contribution in [-0.4, -0.2) is 21.5 Å². The third-order valence-corrected chi connectivity index (χ3v) is 3.63. The topological polar surface area (TPSA) is 128 Å². The molecule has 26 heavy (non-hydrogen) atoms. The average Bonchev–Trinajstić information content (AvgIpc) is 3.05. The fraction of sp³-hybridized carbons (Fsp3) is 0.111. The molecule has 1 N–H and O–H groups in total. The van der Waals surface area contributed by atoms with E-state index in [2.05, 4.69) is 9.97 Å². The minimum Gasteiger partial charge on any atom is -0.865 e. The van der Waals surface area contributed by atoms with Gasteiger partial charge in [-0.2, -0.15) is 5.26 Å². The molecule has 0 fully saturated rings. The number of H-pyrrole nitrogens is 1. The number of nitriles is 1. The number of para-hydroxylation sites is 2. The van der Waals surface area contributed by atoms with Crippen LogP contribution in [0.1, 0.15) is 18.3 Å². The first-order valence-corrected chi connectivity index (χ1v) is 7.72. The first kappa shape index (κ1) is 17.0. The summed E-state index contributed by atoms with van der Waals surface area (Å²) in [7, 11) is 0. The number of nitro groups is 1. The standard InChI is InChI=1S/C18H14N4O4/c1-2-26-16-9-11(8-15(17(16)23)22(24)25)7-12(10-19)18-20-13-5-3-4-6-14(13)21-18/h3-9,23H,2H2,1H3,(H,20,21)/p-1/b12-7+. The Balaban J connectivity index is 2.11. The fourth-order valence-corrected chi connectivity index (χ4v) is 2.49. The summed E-state index contributed by atoms with van der Waals surface area (Å²) in [6.45, 7) is 1.86.